The van der Waals surface area contributed by atoms with Gasteiger partial charge in [0.1, 0.15) is 17.2 Å². The number of rotatable bonds is 6. The molecule has 0 bridgehead atoms. The molecule has 1 aliphatic rings. The van der Waals surface area contributed by atoms with Gasteiger partial charge in [0, 0.05) is 11.6 Å². The first-order valence-electron chi connectivity index (χ1n) is 9.76. The smallest absolute Gasteiger partial charge is 0.350 e. The fourth-order valence-corrected chi connectivity index (χ4v) is 3.48. The van der Waals surface area contributed by atoms with Crippen molar-refractivity contribution in [3.8, 4) is 17.2 Å². The van der Waals surface area contributed by atoms with E-state index in [1.54, 1.807) is 44.4 Å². The van der Waals surface area contributed by atoms with E-state index in [1.807, 2.05) is 54.6 Å². The zero-order valence-corrected chi connectivity index (χ0v) is 17.6. The van der Waals surface area contributed by atoms with Crippen LogP contribution < -0.4 is 24.1 Å². The van der Waals surface area contributed by atoms with Crippen LogP contribution in [-0.4, -0.2) is 39.6 Å². The largest absolute Gasteiger partial charge is 0.497 e. The quantitative estimate of drug-likeness (QED) is 0.590. The Hall–Kier alpha value is -4.00. The van der Waals surface area contributed by atoms with E-state index in [0.29, 0.717) is 34.3 Å². The summed E-state index contributed by atoms with van der Waals surface area (Å²) in [6.07, 6.45) is 0. The summed E-state index contributed by atoms with van der Waals surface area (Å²) < 4.78 is 16.5. The molecular weight excluding hydrogens is 394 g/mol. The fourth-order valence-electron chi connectivity index (χ4n) is 3.48. The van der Waals surface area contributed by atoms with Crippen molar-refractivity contribution >= 4 is 23.1 Å². The number of carbonyl (C=O) groups is 1. The summed E-state index contributed by atoms with van der Waals surface area (Å²) >= 11 is 0. The van der Waals surface area contributed by atoms with E-state index in [0.717, 1.165) is 5.56 Å². The predicted molar refractivity (Wildman–Crippen MR) is 121 cm³/mol. The van der Waals surface area contributed by atoms with E-state index in [2.05, 4.69) is 0 Å². The molecule has 0 N–H and O–H groups in total. The lowest BCUT2D eigenvalue weighted by Gasteiger charge is -2.34. The summed E-state index contributed by atoms with van der Waals surface area (Å²) in [5.41, 5.74) is 2.75. The standard InChI is InChI=1S/C24H23N3O4/c1-29-18-13-14-23(31-3)21(15-18)26-16-20(19-11-7-8-12-22(19)30-2)25-27(24(26)28)17-9-5-4-6-10-17/h4-15H,16H2,1-3H3. The van der Waals surface area contributed by atoms with Gasteiger partial charge in [-0.05, 0) is 36.4 Å². The van der Waals surface area contributed by atoms with Gasteiger partial charge in [0.2, 0.25) is 0 Å². The monoisotopic (exact) mass is 417 g/mol. The summed E-state index contributed by atoms with van der Waals surface area (Å²) in [6.45, 7) is 0.242. The molecule has 0 spiro atoms. The molecule has 0 radical (unpaired) electrons. The normalized spacial score (nSPS) is 13.6. The van der Waals surface area contributed by atoms with E-state index < -0.39 is 0 Å². The molecule has 3 aromatic rings. The summed E-state index contributed by atoms with van der Waals surface area (Å²) in [6, 6.07) is 22.0. The number of ether oxygens (including phenoxy) is 3. The topological polar surface area (TPSA) is 63.6 Å². The Morgan fingerprint density at radius 3 is 2.23 bits per heavy atom. The van der Waals surface area contributed by atoms with E-state index >= 15 is 0 Å². The molecule has 0 unspecified atom stereocenters. The summed E-state index contributed by atoms with van der Waals surface area (Å²) in [4.78, 5) is 15.2. The van der Waals surface area contributed by atoms with Crippen LogP contribution in [0, 0.1) is 0 Å². The van der Waals surface area contributed by atoms with Gasteiger partial charge in [0.15, 0.2) is 0 Å². The molecular formula is C24H23N3O4. The molecule has 4 rings (SSSR count). The summed E-state index contributed by atoms with van der Waals surface area (Å²) in [5.74, 6) is 1.86. The molecule has 2 amide bonds. The van der Waals surface area contributed by atoms with Crippen LogP contribution in [0.25, 0.3) is 0 Å². The number of carbonyl (C=O) groups excluding carboxylic acids is 1. The van der Waals surface area contributed by atoms with Crippen LogP contribution in [0.1, 0.15) is 5.56 Å². The number of anilines is 2. The van der Waals surface area contributed by atoms with Crippen LogP contribution in [-0.2, 0) is 0 Å². The number of hydrogen-bond donors (Lipinski definition) is 0. The lowest BCUT2D eigenvalue weighted by molar-refractivity contribution is 0.251. The second-order valence-corrected chi connectivity index (χ2v) is 6.80. The third-order valence-electron chi connectivity index (χ3n) is 5.04. The van der Waals surface area contributed by atoms with Crippen LogP contribution in [0.5, 0.6) is 17.2 Å². The first-order chi connectivity index (χ1) is 15.2. The molecule has 0 saturated heterocycles. The maximum Gasteiger partial charge on any atom is 0.350 e. The van der Waals surface area contributed by atoms with Crippen molar-refractivity contribution in [1.82, 2.24) is 0 Å². The molecule has 0 aliphatic carbocycles. The summed E-state index contributed by atoms with van der Waals surface area (Å²) in [5, 5.41) is 6.09. The number of nitrogens with zero attached hydrogens (tertiary/aromatic N) is 3. The highest BCUT2D eigenvalue weighted by Crippen LogP contribution is 2.36. The van der Waals surface area contributed by atoms with Gasteiger partial charge in [-0.25, -0.2) is 4.79 Å². The Labute approximate surface area is 181 Å². The molecule has 0 fully saturated rings. The minimum absolute atomic E-state index is 0.242. The number of benzene rings is 3. The SMILES string of the molecule is COc1ccc(OC)c(N2CC(c3ccccc3OC)=NN(c3ccccc3)C2=O)c1. The molecule has 158 valence electrons. The van der Waals surface area contributed by atoms with Gasteiger partial charge in [-0.3, -0.25) is 4.90 Å². The lowest BCUT2D eigenvalue weighted by atomic mass is 10.1. The summed E-state index contributed by atoms with van der Waals surface area (Å²) in [7, 11) is 4.77. The first-order valence-corrected chi connectivity index (χ1v) is 9.76. The number of para-hydroxylation sites is 2. The van der Waals surface area contributed by atoms with Crippen LogP contribution in [0.4, 0.5) is 16.2 Å². The Morgan fingerprint density at radius 1 is 0.806 bits per heavy atom. The molecule has 1 aliphatic heterocycles. The lowest BCUT2D eigenvalue weighted by Crippen LogP contribution is -2.49. The zero-order chi connectivity index (χ0) is 21.8. The third kappa shape index (κ3) is 3.90. The van der Waals surface area contributed by atoms with E-state index in [9.17, 15) is 4.79 Å². The Bertz CT molecular complexity index is 1110. The van der Waals surface area contributed by atoms with E-state index in [1.165, 1.54) is 5.01 Å². The predicted octanol–water partition coefficient (Wildman–Crippen LogP) is 4.56. The van der Waals surface area contributed by atoms with Crippen molar-refractivity contribution in [2.75, 3.05) is 37.8 Å². The van der Waals surface area contributed by atoms with Crippen molar-refractivity contribution in [2.24, 2.45) is 5.10 Å². The van der Waals surface area contributed by atoms with Gasteiger partial charge in [-0.2, -0.15) is 10.1 Å². The molecule has 1 heterocycles. The molecule has 7 heteroatoms. The van der Waals surface area contributed by atoms with Gasteiger partial charge in [-0.1, -0.05) is 30.3 Å². The average Bonchev–Trinajstić information content (AvgIpc) is 2.84. The molecule has 31 heavy (non-hydrogen) atoms. The van der Waals surface area contributed by atoms with Gasteiger partial charge < -0.3 is 14.2 Å². The molecule has 0 saturated carbocycles. The molecule has 0 aromatic heterocycles. The minimum Gasteiger partial charge on any atom is -0.497 e. The second-order valence-electron chi connectivity index (χ2n) is 6.80. The number of methoxy groups -OCH3 is 3. The van der Waals surface area contributed by atoms with Crippen molar-refractivity contribution in [1.29, 1.82) is 0 Å². The fraction of sp³-hybridized carbons (Fsp3) is 0.167. The third-order valence-corrected chi connectivity index (χ3v) is 5.04. The van der Waals surface area contributed by atoms with Gasteiger partial charge in [0.25, 0.3) is 0 Å². The van der Waals surface area contributed by atoms with Crippen LogP contribution in [0.3, 0.4) is 0 Å². The van der Waals surface area contributed by atoms with Crippen molar-refractivity contribution < 1.29 is 19.0 Å². The highest BCUT2D eigenvalue weighted by Gasteiger charge is 2.33. The minimum atomic E-state index is -0.295. The Kier molecular flexibility index (Phi) is 5.75. The van der Waals surface area contributed by atoms with Crippen molar-refractivity contribution in [3.05, 3.63) is 78.4 Å². The van der Waals surface area contributed by atoms with Crippen LogP contribution >= 0.6 is 0 Å². The van der Waals surface area contributed by atoms with Crippen molar-refractivity contribution in [3.63, 3.8) is 0 Å². The highest BCUT2D eigenvalue weighted by atomic mass is 16.5. The van der Waals surface area contributed by atoms with Gasteiger partial charge in [0.05, 0.1) is 45.0 Å². The number of hydrogen-bond acceptors (Lipinski definition) is 5. The van der Waals surface area contributed by atoms with Gasteiger partial charge in [-0.15, -0.1) is 0 Å². The Morgan fingerprint density at radius 2 is 1.52 bits per heavy atom. The average molecular weight is 417 g/mol. The van der Waals surface area contributed by atoms with E-state index in [-0.39, 0.29) is 12.6 Å². The van der Waals surface area contributed by atoms with Crippen LogP contribution in [0.2, 0.25) is 0 Å². The first kappa shape index (κ1) is 20.3. The molecule has 3 aromatic carbocycles. The molecule has 0 atom stereocenters. The molecule has 7 nitrogen and oxygen atoms in total. The number of amides is 2. The number of urea groups is 1. The number of hydrazone groups is 1. The maximum atomic E-state index is 13.5. The Balaban J connectivity index is 1.87. The van der Waals surface area contributed by atoms with Crippen molar-refractivity contribution in [2.45, 2.75) is 0 Å². The van der Waals surface area contributed by atoms with Gasteiger partial charge >= 0.3 is 6.03 Å². The second kappa shape index (κ2) is 8.79. The van der Waals surface area contributed by atoms with E-state index in [4.69, 9.17) is 19.3 Å². The maximum absolute atomic E-state index is 13.5. The van der Waals surface area contributed by atoms with Crippen LogP contribution in [0.15, 0.2) is 77.9 Å². The highest BCUT2D eigenvalue weighted by molar-refractivity contribution is 6.17. The zero-order valence-electron chi connectivity index (χ0n) is 17.6.